The summed E-state index contributed by atoms with van der Waals surface area (Å²) < 4.78 is 2.48. The lowest BCUT2D eigenvalue weighted by molar-refractivity contribution is 0.429. The summed E-state index contributed by atoms with van der Waals surface area (Å²) in [6.07, 6.45) is 0. The van der Waals surface area contributed by atoms with E-state index in [4.69, 9.17) is 0 Å². The zero-order valence-electron chi connectivity index (χ0n) is 7.69. The lowest BCUT2D eigenvalue weighted by atomic mass is 10.1. The lowest BCUT2D eigenvalue weighted by Gasteiger charge is -2.25. The Balaban J connectivity index is 2.24. The first-order valence-electron chi connectivity index (χ1n) is 4.66. The van der Waals surface area contributed by atoms with Crippen molar-refractivity contribution in [1.82, 2.24) is 10.6 Å². The van der Waals surface area contributed by atoms with Gasteiger partial charge in [0.15, 0.2) is 0 Å². The molecule has 0 aliphatic carbocycles. The zero-order valence-corrected chi connectivity index (χ0v) is 11.4. The lowest BCUT2D eigenvalue weighted by Crippen LogP contribution is -2.42. The van der Waals surface area contributed by atoms with Crippen molar-refractivity contribution >= 4 is 38.5 Å². The highest BCUT2D eigenvalue weighted by molar-refractivity contribution is 14.1. The minimum atomic E-state index is 0.438. The minimum Gasteiger partial charge on any atom is -0.314 e. The van der Waals surface area contributed by atoms with Crippen molar-refractivity contribution < 1.29 is 0 Å². The quantitative estimate of drug-likeness (QED) is 0.745. The normalized spacial score (nSPS) is 22.3. The highest BCUT2D eigenvalue weighted by Crippen LogP contribution is 2.25. The molecule has 2 rings (SSSR count). The van der Waals surface area contributed by atoms with Gasteiger partial charge in [-0.2, -0.15) is 0 Å². The summed E-state index contributed by atoms with van der Waals surface area (Å²) in [7, 11) is 0. The van der Waals surface area contributed by atoms with Crippen LogP contribution in [0.2, 0.25) is 0 Å². The van der Waals surface area contributed by atoms with Crippen LogP contribution in [0, 0.1) is 3.57 Å². The second-order valence-electron chi connectivity index (χ2n) is 3.38. The first-order chi connectivity index (χ1) is 6.77. The number of halogens is 2. The molecular formula is C10H12BrIN2. The topological polar surface area (TPSA) is 24.1 Å². The van der Waals surface area contributed by atoms with Crippen LogP contribution in [0.3, 0.4) is 0 Å². The van der Waals surface area contributed by atoms with Crippen LogP contribution in [0.4, 0.5) is 0 Å². The van der Waals surface area contributed by atoms with E-state index >= 15 is 0 Å². The third-order valence-electron chi connectivity index (χ3n) is 2.37. The number of piperazine rings is 1. The second-order valence-corrected chi connectivity index (χ2v) is 5.48. The van der Waals surface area contributed by atoms with Gasteiger partial charge in [0.05, 0.1) is 0 Å². The standard InChI is InChI=1S/C10H12BrIN2/c11-9-2-1-7(12)5-8(9)10-6-13-3-4-14-10/h1-2,5,10,13-14H,3-4,6H2. The Morgan fingerprint density at radius 3 is 2.93 bits per heavy atom. The molecule has 2 N–H and O–H groups in total. The Hall–Kier alpha value is 0.350. The van der Waals surface area contributed by atoms with Crippen molar-refractivity contribution in [2.45, 2.75) is 6.04 Å². The first kappa shape index (κ1) is 10.9. The van der Waals surface area contributed by atoms with Gasteiger partial charge in [-0.1, -0.05) is 15.9 Å². The van der Waals surface area contributed by atoms with Crippen LogP contribution in [-0.2, 0) is 0 Å². The summed E-state index contributed by atoms with van der Waals surface area (Å²) in [6.45, 7) is 3.12. The van der Waals surface area contributed by atoms with Crippen molar-refractivity contribution in [2.75, 3.05) is 19.6 Å². The van der Waals surface area contributed by atoms with Gasteiger partial charge in [-0.25, -0.2) is 0 Å². The number of benzene rings is 1. The molecule has 1 aliphatic heterocycles. The molecule has 0 amide bonds. The van der Waals surface area contributed by atoms with Crippen molar-refractivity contribution in [3.63, 3.8) is 0 Å². The summed E-state index contributed by atoms with van der Waals surface area (Å²) in [5, 5.41) is 6.90. The van der Waals surface area contributed by atoms with Crippen LogP contribution in [0.1, 0.15) is 11.6 Å². The number of nitrogens with one attached hydrogen (secondary N) is 2. The molecular weight excluding hydrogens is 355 g/mol. The molecule has 1 fully saturated rings. The Bertz CT molecular complexity index is 324. The molecule has 0 spiro atoms. The van der Waals surface area contributed by atoms with Crippen molar-refractivity contribution in [3.05, 3.63) is 31.8 Å². The Morgan fingerprint density at radius 2 is 2.21 bits per heavy atom. The SMILES string of the molecule is Brc1ccc(I)cc1C1CNCCN1. The molecule has 0 saturated carbocycles. The van der Waals surface area contributed by atoms with E-state index in [1.807, 2.05) is 0 Å². The van der Waals surface area contributed by atoms with E-state index in [1.165, 1.54) is 13.6 Å². The molecule has 0 radical (unpaired) electrons. The Morgan fingerprint density at radius 1 is 1.36 bits per heavy atom. The van der Waals surface area contributed by atoms with E-state index in [-0.39, 0.29) is 0 Å². The van der Waals surface area contributed by atoms with Crippen LogP contribution in [0.25, 0.3) is 0 Å². The maximum Gasteiger partial charge on any atom is 0.0458 e. The van der Waals surface area contributed by atoms with Crippen molar-refractivity contribution in [3.8, 4) is 0 Å². The third-order valence-corrected chi connectivity index (χ3v) is 3.77. The van der Waals surface area contributed by atoms with Crippen LogP contribution in [0.15, 0.2) is 22.7 Å². The molecule has 1 aromatic rings. The highest BCUT2D eigenvalue weighted by Gasteiger charge is 2.16. The van der Waals surface area contributed by atoms with Gasteiger partial charge < -0.3 is 10.6 Å². The molecule has 76 valence electrons. The van der Waals surface area contributed by atoms with Gasteiger partial charge in [0.2, 0.25) is 0 Å². The van der Waals surface area contributed by atoms with E-state index in [2.05, 4.69) is 67.4 Å². The van der Waals surface area contributed by atoms with Gasteiger partial charge >= 0.3 is 0 Å². The molecule has 4 heteroatoms. The molecule has 1 heterocycles. The van der Waals surface area contributed by atoms with Gasteiger partial charge in [-0.15, -0.1) is 0 Å². The average Bonchev–Trinajstić information content (AvgIpc) is 2.23. The first-order valence-corrected chi connectivity index (χ1v) is 6.53. The number of rotatable bonds is 1. The fourth-order valence-electron chi connectivity index (χ4n) is 1.65. The van der Waals surface area contributed by atoms with Gasteiger partial charge in [-0.05, 0) is 46.4 Å². The summed E-state index contributed by atoms with van der Waals surface area (Å²) in [5.74, 6) is 0. The predicted molar refractivity (Wildman–Crippen MR) is 70.5 cm³/mol. The number of hydrogen-bond acceptors (Lipinski definition) is 2. The van der Waals surface area contributed by atoms with Gasteiger partial charge in [0.1, 0.15) is 0 Å². The van der Waals surface area contributed by atoms with Gasteiger partial charge in [0.25, 0.3) is 0 Å². The molecule has 1 saturated heterocycles. The second kappa shape index (κ2) is 4.92. The Kier molecular flexibility index (Phi) is 3.81. The largest absolute Gasteiger partial charge is 0.314 e. The number of hydrogen-bond donors (Lipinski definition) is 2. The molecule has 1 atom stereocenters. The summed E-state index contributed by atoms with van der Waals surface area (Å²) in [6, 6.07) is 6.90. The fraction of sp³-hybridized carbons (Fsp3) is 0.400. The zero-order chi connectivity index (χ0) is 9.97. The van der Waals surface area contributed by atoms with E-state index in [9.17, 15) is 0 Å². The smallest absolute Gasteiger partial charge is 0.0458 e. The van der Waals surface area contributed by atoms with E-state index in [1.54, 1.807) is 0 Å². The van der Waals surface area contributed by atoms with Crippen molar-refractivity contribution in [1.29, 1.82) is 0 Å². The van der Waals surface area contributed by atoms with E-state index < -0.39 is 0 Å². The molecule has 1 aromatic carbocycles. The summed E-state index contributed by atoms with van der Waals surface area (Å²) in [5.41, 5.74) is 1.35. The molecule has 0 aromatic heterocycles. The van der Waals surface area contributed by atoms with E-state index in [0.717, 1.165) is 19.6 Å². The molecule has 0 bridgehead atoms. The molecule has 2 nitrogen and oxygen atoms in total. The fourth-order valence-corrected chi connectivity index (χ4v) is 2.69. The van der Waals surface area contributed by atoms with Crippen LogP contribution >= 0.6 is 38.5 Å². The Labute approximate surface area is 106 Å². The summed E-state index contributed by atoms with van der Waals surface area (Å²) >= 11 is 5.94. The van der Waals surface area contributed by atoms with Crippen LogP contribution < -0.4 is 10.6 Å². The van der Waals surface area contributed by atoms with Gasteiger partial charge in [0, 0.05) is 33.7 Å². The van der Waals surface area contributed by atoms with Crippen LogP contribution in [0.5, 0.6) is 0 Å². The monoisotopic (exact) mass is 366 g/mol. The highest BCUT2D eigenvalue weighted by atomic mass is 127. The third kappa shape index (κ3) is 2.48. The molecule has 14 heavy (non-hydrogen) atoms. The average molecular weight is 367 g/mol. The minimum absolute atomic E-state index is 0.438. The van der Waals surface area contributed by atoms with Gasteiger partial charge in [-0.3, -0.25) is 0 Å². The summed E-state index contributed by atoms with van der Waals surface area (Å²) in [4.78, 5) is 0. The van der Waals surface area contributed by atoms with E-state index in [0.29, 0.717) is 6.04 Å². The molecule has 1 aliphatic rings. The van der Waals surface area contributed by atoms with Crippen molar-refractivity contribution in [2.24, 2.45) is 0 Å². The van der Waals surface area contributed by atoms with Crippen LogP contribution in [-0.4, -0.2) is 19.6 Å². The maximum atomic E-state index is 3.59. The maximum absolute atomic E-state index is 3.59. The predicted octanol–water partition coefficient (Wildman–Crippen LogP) is 2.29. The molecule has 1 unspecified atom stereocenters.